The summed E-state index contributed by atoms with van der Waals surface area (Å²) >= 11 is 5.83. The normalized spacial score (nSPS) is 9.94. The highest BCUT2D eigenvalue weighted by Crippen LogP contribution is 2.11. The molecule has 17 heavy (non-hydrogen) atoms. The van der Waals surface area contributed by atoms with Crippen molar-refractivity contribution in [1.29, 1.82) is 0 Å². The summed E-state index contributed by atoms with van der Waals surface area (Å²) in [6.45, 7) is 0.477. The number of nitrogens with zero attached hydrogens (tertiary/aromatic N) is 1. The zero-order valence-electron chi connectivity index (χ0n) is 9.06. The Morgan fingerprint density at radius 1 is 1.18 bits per heavy atom. The predicted octanol–water partition coefficient (Wildman–Crippen LogP) is 2.67. The average molecular weight is 247 g/mol. The van der Waals surface area contributed by atoms with Gasteiger partial charge in [0.1, 0.15) is 5.15 Å². The van der Waals surface area contributed by atoms with Crippen LogP contribution in [-0.4, -0.2) is 10.9 Å². The maximum atomic E-state index is 11.8. The Morgan fingerprint density at radius 2 is 1.94 bits per heavy atom. The smallest absolute Gasteiger partial charge is 0.254 e. The summed E-state index contributed by atoms with van der Waals surface area (Å²) in [6.07, 6.45) is 1.55. The number of aromatic nitrogens is 1. The summed E-state index contributed by atoms with van der Waals surface area (Å²) in [7, 11) is 0. The molecule has 0 fully saturated rings. The molecule has 0 aliphatic rings. The summed E-state index contributed by atoms with van der Waals surface area (Å²) in [4.78, 5) is 15.7. The van der Waals surface area contributed by atoms with Gasteiger partial charge in [-0.2, -0.15) is 0 Å². The van der Waals surface area contributed by atoms with Crippen molar-refractivity contribution in [3.05, 3.63) is 64.9 Å². The molecule has 1 aromatic carbocycles. The number of benzene rings is 1. The molecule has 0 saturated carbocycles. The Hall–Kier alpha value is -1.87. The number of rotatable bonds is 3. The van der Waals surface area contributed by atoms with E-state index >= 15 is 0 Å². The van der Waals surface area contributed by atoms with Crippen LogP contribution in [0.5, 0.6) is 0 Å². The Bertz CT molecular complexity index is 514. The topological polar surface area (TPSA) is 42.0 Å². The van der Waals surface area contributed by atoms with E-state index in [4.69, 9.17) is 11.6 Å². The predicted molar refractivity (Wildman–Crippen MR) is 66.9 cm³/mol. The maximum absolute atomic E-state index is 11.8. The van der Waals surface area contributed by atoms with Gasteiger partial charge >= 0.3 is 0 Å². The van der Waals surface area contributed by atoms with E-state index in [-0.39, 0.29) is 11.1 Å². The van der Waals surface area contributed by atoms with Gasteiger partial charge in [-0.25, -0.2) is 4.98 Å². The molecular formula is C13H11ClN2O. The number of hydrogen-bond acceptors (Lipinski definition) is 2. The second-order valence-corrected chi connectivity index (χ2v) is 3.87. The van der Waals surface area contributed by atoms with Gasteiger partial charge in [-0.3, -0.25) is 4.79 Å². The first kappa shape index (κ1) is 11.6. The number of hydrogen-bond donors (Lipinski definition) is 1. The van der Waals surface area contributed by atoms with Crippen molar-refractivity contribution in [2.24, 2.45) is 0 Å². The van der Waals surface area contributed by atoms with E-state index in [9.17, 15) is 4.79 Å². The first-order chi connectivity index (χ1) is 8.27. The van der Waals surface area contributed by atoms with Crippen LogP contribution < -0.4 is 5.32 Å². The fourth-order valence-electron chi connectivity index (χ4n) is 1.43. The zero-order chi connectivity index (χ0) is 12.1. The van der Waals surface area contributed by atoms with Gasteiger partial charge in [-0.1, -0.05) is 41.9 Å². The van der Waals surface area contributed by atoms with E-state index in [0.29, 0.717) is 12.1 Å². The Kier molecular flexibility index (Phi) is 3.73. The Balaban J connectivity index is 2.01. The maximum Gasteiger partial charge on any atom is 0.254 e. The van der Waals surface area contributed by atoms with Crippen molar-refractivity contribution in [3.63, 3.8) is 0 Å². The molecule has 4 heteroatoms. The highest BCUT2D eigenvalue weighted by Gasteiger charge is 2.09. The van der Waals surface area contributed by atoms with Crippen molar-refractivity contribution < 1.29 is 4.79 Å². The van der Waals surface area contributed by atoms with Gasteiger partial charge in [0.05, 0.1) is 5.56 Å². The molecule has 2 aromatic rings. The first-order valence-corrected chi connectivity index (χ1v) is 5.58. The standard InChI is InChI=1S/C13H11ClN2O/c14-12-11(7-4-8-15-12)13(17)16-9-10-5-2-1-3-6-10/h1-8H,9H2,(H,16,17). The molecule has 0 spiro atoms. The lowest BCUT2D eigenvalue weighted by Crippen LogP contribution is -2.23. The Morgan fingerprint density at radius 3 is 2.65 bits per heavy atom. The fourth-order valence-corrected chi connectivity index (χ4v) is 1.63. The van der Waals surface area contributed by atoms with Gasteiger partial charge in [0.2, 0.25) is 0 Å². The second-order valence-electron chi connectivity index (χ2n) is 3.51. The molecule has 86 valence electrons. The number of amides is 1. The SMILES string of the molecule is O=C(NCc1ccccc1)c1cccnc1Cl. The zero-order valence-corrected chi connectivity index (χ0v) is 9.82. The molecule has 0 radical (unpaired) electrons. The third-order valence-electron chi connectivity index (χ3n) is 2.30. The lowest BCUT2D eigenvalue weighted by Gasteiger charge is -2.05. The monoisotopic (exact) mass is 246 g/mol. The molecule has 1 aromatic heterocycles. The molecule has 0 unspecified atom stereocenters. The van der Waals surface area contributed by atoms with Gasteiger partial charge in [-0.05, 0) is 17.7 Å². The molecule has 0 saturated heterocycles. The van der Waals surface area contributed by atoms with Gasteiger partial charge in [0, 0.05) is 12.7 Å². The minimum atomic E-state index is -0.216. The third-order valence-corrected chi connectivity index (χ3v) is 2.60. The van der Waals surface area contributed by atoms with Crippen LogP contribution in [0.25, 0.3) is 0 Å². The molecular weight excluding hydrogens is 236 g/mol. The fraction of sp³-hybridized carbons (Fsp3) is 0.0769. The lowest BCUT2D eigenvalue weighted by molar-refractivity contribution is 0.0950. The highest BCUT2D eigenvalue weighted by molar-refractivity contribution is 6.32. The average Bonchev–Trinajstić information content (AvgIpc) is 2.38. The molecule has 1 heterocycles. The summed E-state index contributed by atoms with van der Waals surface area (Å²) in [5.74, 6) is -0.216. The van der Waals surface area contributed by atoms with Crippen LogP contribution in [-0.2, 0) is 6.54 Å². The lowest BCUT2D eigenvalue weighted by atomic mass is 10.2. The van der Waals surface area contributed by atoms with Crippen LogP contribution in [0.1, 0.15) is 15.9 Å². The number of halogens is 1. The molecule has 1 amide bonds. The van der Waals surface area contributed by atoms with Crippen LogP contribution in [0.4, 0.5) is 0 Å². The van der Waals surface area contributed by atoms with Gasteiger partial charge < -0.3 is 5.32 Å². The molecule has 2 rings (SSSR count). The summed E-state index contributed by atoms with van der Waals surface area (Å²) in [5, 5.41) is 3.01. The van der Waals surface area contributed by atoms with Gasteiger partial charge in [-0.15, -0.1) is 0 Å². The minimum absolute atomic E-state index is 0.216. The van der Waals surface area contributed by atoms with Crippen molar-refractivity contribution in [2.45, 2.75) is 6.54 Å². The quantitative estimate of drug-likeness (QED) is 0.846. The number of nitrogens with one attached hydrogen (secondary N) is 1. The van der Waals surface area contributed by atoms with Crippen LogP contribution in [0.3, 0.4) is 0 Å². The first-order valence-electron chi connectivity index (χ1n) is 5.20. The van der Waals surface area contributed by atoms with Crippen molar-refractivity contribution in [1.82, 2.24) is 10.3 Å². The molecule has 0 atom stereocenters. The van der Waals surface area contributed by atoms with Gasteiger partial charge in [0.25, 0.3) is 5.91 Å². The van der Waals surface area contributed by atoms with Crippen molar-refractivity contribution >= 4 is 17.5 Å². The van der Waals surface area contributed by atoms with Crippen molar-refractivity contribution in [3.8, 4) is 0 Å². The third kappa shape index (κ3) is 3.04. The number of pyridine rings is 1. The van der Waals surface area contributed by atoms with E-state index in [1.54, 1.807) is 18.3 Å². The van der Waals surface area contributed by atoms with E-state index in [1.807, 2.05) is 30.3 Å². The summed E-state index contributed by atoms with van der Waals surface area (Å²) < 4.78 is 0. The summed E-state index contributed by atoms with van der Waals surface area (Å²) in [5.41, 5.74) is 1.44. The number of carbonyl (C=O) groups excluding carboxylic acids is 1. The second kappa shape index (κ2) is 5.46. The van der Waals surface area contributed by atoms with Crippen LogP contribution in [0, 0.1) is 0 Å². The van der Waals surface area contributed by atoms with Crippen LogP contribution in [0.15, 0.2) is 48.7 Å². The largest absolute Gasteiger partial charge is 0.348 e. The van der Waals surface area contributed by atoms with Crippen molar-refractivity contribution in [2.75, 3.05) is 0 Å². The van der Waals surface area contributed by atoms with Gasteiger partial charge in [0.15, 0.2) is 0 Å². The molecule has 1 N–H and O–H groups in total. The van der Waals surface area contributed by atoms with Crippen LogP contribution in [0.2, 0.25) is 5.15 Å². The molecule has 0 aliphatic carbocycles. The summed E-state index contributed by atoms with van der Waals surface area (Å²) in [6, 6.07) is 13.0. The van der Waals surface area contributed by atoms with E-state index in [1.165, 1.54) is 0 Å². The highest BCUT2D eigenvalue weighted by atomic mass is 35.5. The molecule has 0 aliphatic heterocycles. The van der Waals surface area contributed by atoms with E-state index in [0.717, 1.165) is 5.56 Å². The van der Waals surface area contributed by atoms with Crippen LogP contribution >= 0.6 is 11.6 Å². The molecule has 0 bridgehead atoms. The molecule has 3 nitrogen and oxygen atoms in total. The van der Waals surface area contributed by atoms with E-state index < -0.39 is 0 Å². The van der Waals surface area contributed by atoms with E-state index in [2.05, 4.69) is 10.3 Å². The Labute approximate surface area is 104 Å². The number of carbonyl (C=O) groups is 1. The minimum Gasteiger partial charge on any atom is -0.348 e.